The number of aromatic nitrogens is 3. The van der Waals surface area contributed by atoms with Gasteiger partial charge in [-0.05, 0) is 42.9 Å². The van der Waals surface area contributed by atoms with Crippen LogP contribution in [0.3, 0.4) is 0 Å². The van der Waals surface area contributed by atoms with Crippen molar-refractivity contribution in [1.82, 2.24) is 19.9 Å². The summed E-state index contributed by atoms with van der Waals surface area (Å²) >= 11 is 1.83. The fourth-order valence-electron chi connectivity index (χ4n) is 4.54. The lowest BCUT2D eigenvalue weighted by molar-refractivity contribution is -0.0244. The van der Waals surface area contributed by atoms with Gasteiger partial charge in [0.1, 0.15) is 10.6 Å². The predicted molar refractivity (Wildman–Crippen MR) is 122 cm³/mol. The van der Waals surface area contributed by atoms with Gasteiger partial charge >= 0.3 is 0 Å². The van der Waals surface area contributed by atoms with Gasteiger partial charge < -0.3 is 10.1 Å². The van der Waals surface area contributed by atoms with Crippen molar-refractivity contribution < 1.29 is 4.74 Å². The molecule has 6 nitrogen and oxygen atoms in total. The Hall–Kier alpha value is -2.09. The third-order valence-electron chi connectivity index (χ3n) is 5.83. The van der Waals surface area contributed by atoms with E-state index in [1.165, 1.54) is 22.2 Å². The van der Waals surface area contributed by atoms with Crippen molar-refractivity contribution in [1.29, 1.82) is 0 Å². The van der Waals surface area contributed by atoms with Crippen LogP contribution in [0.5, 0.6) is 0 Å². The normalized spacial score (nSPS) is 19.5. The molecule has 0 spiro atoms. The Morgan fingerprint density at radius 2 is 2.23 bits per heavy atom. The number of thiophene rings is 1. The molecule has 0 bridgehead atoms. The number of morpholine rings is 1. The first kappa shape index (κ1) is 19.8. The van der Waals surface area contributed by atoms with Crippen molar-refractivity contribution in [3.63, 3.8) is 0 Å². The Morgan fingerprint density at radius 3 is 3.07 bits per heavy atom. The van der Waals surface area contributed by atoms with Crippen LogP contribution in [-0.4, -0.2) is 58.7 Å². The van der Waals surface area contributed by atoms with E-state index in [1.807, 2.05) is 29.7 Å². The molecule has 1 fully saturated rings. The van der Waals surface area contributed by atoms with Crippen LogP contribution in [0, 0.1) is 5.92 Å². The summed E-state index contributed by atoms with van der Waals surface area (Å²) in [7, 11) is 0. The molecule has 0 amide bonds. The van der Waals surface area contributed by atoms with Gasteiger partial charge in [-0.1, -0.05) is 13.8 Å². The van der Waals surface area contributed by atoms with Crippen molar-refractivity contribution in [3.05, 3.63) is 35.0 Å². The molecule has 1 atom stereocenters. The molecular formula is C23H29N5OS. The van der Waals surface area contributed by atoms with Gasteiger partial charge in [0, 0.05) is 49.0 Å². The smallest absolute Gasteiger partial charge is 0.164 e. The van der Waals surface area contributed by atoms with Crippen LogP contribution < -0.4 is 5.32 Å². The van der Waals surface area contributed by atoms with Crippen molar-refractivity contribution >= 4 is 27.4 Å². The maximum absolute atomic E-state index is 6.06. The molecule has 0 aromatic carbocycles. The minimum absolute atomic E-state index is 0.177. The molecule has 7 heteroatoms. The number of pyridine rings is 1. The van der Waals surface area contributed by atoms with Gasteiger partial charge in [-0.15, -0.1) is 11.3 Å². The molecule has 1 unspecified atom stereocenters. The number of ether oxygens (including phenoxy) is 1. The summed E-state index contributed by atoms with van der Waals surface area (Å²) in [6.45, 7) is 9.23. The van der Waals surface area contributed by atoms with E-state index in [0.717, 1.165) is 67.7 Å². The van der Waals surface area contributed by atoms with E-state index in [-0.39, 0.29) is 6.10 Å². The Bertz CT molecular complexity index is 1020. The summed E-state index contributed by atoms with van der Waals surface area (Å²) in [5, 5.41) is 4.86. The van der Waals surface area contributed by atoms with E-state index in [2.05, 4.69) is 29.0 Å². The number of rotatable bonds is 6. The zero-order chi connectivity index (χ0) is 20.5. The van der Waals surface area contributed by atoms with E-state index in [9.17, 15) is 0 Å². The van der Waals surface area contributed by atoms with E-state index in [4.69, 9.17) is 14.7 Å². The maximum atomic E-state index is 6.06. The quantitative estimate of drug-likeness (QED) is 0.646. The molecule has 30 heavy (non-hydrogen) atoms. The topological polar surface area (TPSA) is 63.2 Å². The molecule has 0 saturated carbocycles. The summed E-state index contributed by atoms with van der Waals surface area (Å²) in [4.78, 5) is 19.2. The number of anilines is 1. The summed E-state index contributed by atoms with van der Waals surface area (Å²) < 4.78 is 6.06. The highest BCUT2D eigenvalue weighted by atomic mass is 32.1. The number of hydrogen-bond donors (Lipinski definition) is 1. The average molecular weight is 424 g/mol. The molecule has 0 radical (unpaired) electrons. The first-order valence-electron chi connectivity index (χ1n) is 11.0. The van der Waals surface area contributed by atoms with Gasteiger partial charge in [-0.25, -0.2) is 9.97 Å². The number of aryl methyl sites for hydroxylation is 2. The Labute approximate surface area is 181 Å². The van der Waals surface area contributed by atoms with Crippen LogP contribution >= 0.6 is 11.3 Å². The molecule has 158 valence electrons. The van der Waals surface area contributed by atoms with Crippen LogP contribution in [0.15, 0.2) is 24.5 Å². The molecule has 3 aromatic heterocycles. The molecule has 1 saturated heterocycles. The van der Waals surface area contributed by atoms with Crippen LogP contribution in [0.25, 0.3) is 21.6 Å². The molecule has 5 rings (SSSR count). The fraction of sp³-hybridized carbons (Fsp3) is 0.522. The monoisotopic (exact) mass is 423 g/mol. The van der Waals surface area contributed by atoms with Gasteiger partial charge in [0.2, 0.25) is 0 Å². The van der Waals surface area contributed by atoms with E-state index in [0.29, 0.717) is 5.92 Å². The van der Waals surface area contributed by atoms with Crippen LogP contribution in [-0.2, 0) is 17.6 Å². The number of nitrogens with one attached hydrogen (secondary N) is 1. The third kappa shape index (κ3) is 4.06. The minimum Gasteiger partial charge on any atom is -0.374 e. The van der Waals surface area contributed by atoms with Gasteiger partial charge in [0.05, 0.1) is 18.1 Å². The first-order chi connectivity index (χ1) is 14.7. The zero-order valence-electron chi connectivity index (χ0n) is 17.7. The highest BCUT2D eigenvalue weighted by molar-refractivity contribution is 7.19. The largest absolute Gasteiger partial charge is 0.374 e. The van der Waals surface area contributed by atoms with Crippen molar-refractivity contribution in [2.45, 2.75) is 39.2 Å². The lowest BCUT2D eigenvalue weighted by atomic mass is 10.1. The second-order valence-electron chi connectivity index (χ2n) is 8.70. The third-order valence-corrected chi connectivity index (χ3v) is 7.01. The van der Waals surface area contributed by atoms with Crippen molar-refractivity contribution in [2.75, 3.05) is 38.1 Å². The zero-order valence-corrected chi connectivity index (χ0v) is 18.5. The van der Waals surface area contributed by atoms with Gasteiger partial charge in [-0.3, -0.25) is 9.88 Å². The van der Waals surface area contributed by atoms with E-state index in [1.54, 1.807) is 6.20 Å². The van der Waals surface area contributed by atoms with Crippen LogP contribution in [0.4, 0.5) is 5.82 Å². The second-order valence-corrected chi connectivity index (χ2v) is 9.79. The van der Waals surface area contributed by atoms with E-state index < -0.39 is 0 Å². The molecule has 3 aromatic rings. The van der Waals surface area contributed by atoms with Gasteiger partial charge in [0.25, 0.3) is 0 Å². The summed E-state index contributed by atoms with van der Waals surface area (Å²) in [5.74, 6) is 2.36. The number of fused-ring (bicyclic) bond motifs is 3. The van der Waals surface area contributed by atoms with Crippen molar-refractivity contribution in [3.8, 4) is 11.4 Å². The Morgan fingerprint density at radius 1 is 1.30 bits per heavy atom. The molecular weight excluding hydrogens is 394 g/mol. The molecule has 1 N–H and O–H groups in total. The Kier molecular flexibility index (Phi) is 5.67. The summed E-state index contributed by atoms with van der Waals surface area (Å²) in [6, 6.07) is 3.96. The van der Waals surface area contributed by atoms with Crippen LogP contribution in [0.2, 0.25) is 0 Å². The lowest BCUT2D eigenvalue weighted by Crippen LogP contribution is -2.46. The van der Waals surface area contributed by atoms with Crippen molar-refractivity contribution in [2.24, 2.45) is 5.92 Å². The second kappa shape index (κ2) is 8.57. The van der Waals surface area contributed by atoms with Gasteiger partial charge in [0.15, 0.2) is 5.82 Å². The molecule has 2 aliphatic rings. The highest BCUT2D eigenvalue weighted by Crippen LogP contribution is 2.40. The average Bonchev–Trinajstić information content (AvgIpc) is 3.33. The SMILES string of the molecule is CC(C)CN1CCOC(CNc2nc(-c3cccnc3)nc3sc4c(c23)CCC4)C1. The van der Waals surface area contributed by atoms with Crippen LogP contribution in [0.1, 0.15) is 30.7 Å². The molecule has 1 aliphatic carbocycles. The number of hydrogen-bond acceptors (Lipinski definition) is 7. The summed E-state index contributed by atoms with van der Waals surface area (Å²) in [5.41, 5.74) is 2.40. The molecule has 4 heterocycles. The molecule has 1 aliphatic heterocycles. The standard InChI is InChI=1S/C23H29N5OS/c1-15(2)13-28-9-10-29-17(14-28)12-25-22-20-18-6-3-7-19(18)30-23(20)27-21(26-22)16-5-4-8-24-11-16/h4-5,8,11,15,17H,3,6-7,9-10,12-14H2,1-2H3,(H,25,26,27). The highest BCUT2D eigenvalue weighted by Gasteiger charge is 2.25. The lowest BCUT2D eigenvalue weighted by Gasteiger charge is -2.34. The Balaban J connectivity index is 1.42. The maximum Gasteiger partial charge on any atom is 0.164 e. The number of nitrogens with zero attached hydrogens (tertiary/aromatic N) is 4. The first-order valence-corrected chi connectivity index (χ1v) is 11.8. The van der Waals surface area contributed by atoms with Gasteiger partial charge in [-0.2, -0.15) is 0 Å². The summed E-state index contributed by atoms with van der Waals surface area (Å²) in [6.07, 6.45) is 7.31. The minimum atomic E-state index is 0.177. The predicted octanol–water partition coefficient (Wildman–Crippen LogP) is 4.01. The van der Waals surface area contributed by atoms with E-state index >= 15 is 0 Å². The fourth-order valence-corrected chi connectivity index (χ4v) is 5.81.